The Morgan fingerprint density at radius 1 is 1.50 bits per heavy atom. The van der Waals surface area contributed by atoms with E-state index in [1.807, 2.05) is 39.1 Å². The van der Waals surface area contributed by atoms with Crippen molar-refractivity contribution in [1.82, 2.24) is 15.6 Å². The number of nitrogens with zero attached hydrogens (tertiary/aromatic N) is 1. The number of urea groups is 1. The molecule has 2 N–H and O–H groups in total. The lowest BCUT2D eigenvalue weighted by molar-refractivity contribution is 0.230. The van der Waals surface area contributed by atoms with E-state index in [0.29, 0.717) is 13.0 Å². The first kappa shape index (κ1) is 14.6. The van der Waals surface area contributed by atoms with Gasteiger partial charge in [-0.1, -0.05) is 0 Å². The molecule has 2 heterocycles. The normalized spacial score (nSPS) is 11.3. The summed E-state index contributed by atoms with van der Waals surface area (Å²) in [6.07, 6.45) is 4.12. The average Bonchev–Trinajstić information content (AvgIpc) is 2.99. The van der Waals surface area contributed by atoms with Crippen LogP contribution in [0.5, 0.6) is 0 Å². The van der Waals surface area contributed by atoms with E-state index in [2.05, 4.69) is 15.6 Å². The summed E-state index contributed by atoms with van der Waals surface area (Å²) in [5.74, 6) is 0.861. The van der Waals surface area contributed by atoms with Gasteiger partial charge in [0.15, 0.2) is 0 Å². The van der Waals surface area contributed by atoms with Crippen LogP contribution in [-0.2, 0) is 12.0 Å². The van der Waals surface area contributed by atoms with Gasteiger partial charge >= 0.3 is 6.03 Å². The number of carbonyl (C=O) groups is 1. The molecule has 0 spiro atoms. The number of aryl methyl sites for hydroxylation is 1. The quantitative estimate of drug-likeness (QED) is 0.890. The summed E-state index contributed by atoms with van der Waals surface area (Å²) in [5, 5.41) is 6.65. The molecule has 2 rings (SSSR count). The van der Waals surface area contributed by atoms with E-state index < -0.39 is 5.54 Å². The summed E-state index contributed by atoms with van der Waals surface area (Å²) in [7, 11) is 0. The molecule has 108 valence electrons. The summed E-state index contributed by atoms with van der Waals surface area (Å²) in [6.45, 7) is 6.42. The maximum atomic E-state index is 11.9. The van der Waals surface area contributed by atoms with Gasteiger partial charge in [0.2, 0.25) is 0 Å². The van der Waals surface area contributed by atoms with Gasteiger partial charge in [0.25, 0.3) is 0 Å². The van der Waals surface area contributed by atoms with Crippen LogP contribution in [0.25, 0.3) is 0 Å². The van der Waals surface area contributed by atoms with Crippen LogP contribution >= 0.6 is 11.3 Å². The van der Waals surface area contributed by atoms with Crippen molar-refractivity contribution in [3.63, 3.8) is 0 Å². The second kappa shape index (κ2) is 6.09. The Kier molecular flexibility index (Phi) is 4.44. The predicted octanol–water partition coefficient (Wildman–Crippen LogP) is 2.82. The van der Waals surface area contributed by atoms with Gasteiger partial charge in [-0.15, -0.1) is 11.3 Å². The van der Waals surface area contributed by atoms with Crippen molar-refractivity contribution in [1.29, 1.82) is 0 Å². The number of hydrogen-bond acceptors (Lipinski definition) is 4. The zero-order chi connectivity index (χ0) is 14.6. The molecule has 0 atom stereocenters. The van der Waals surface area contributed by atoms with Crippen molar-refractivity contribution >= 4 is 17.4 Å². The van der Waals surface area contributed by atoms with Crippen molar-refractivity contribution < 1.29 is 9.21 Å². The van der Waals surface area contributed by atoms with E-state index in [1.54, 1.807) is 17.6 Å². The average molecular weight is 293 g/mol. The molecule has 0 bridgehead atoms. The molecule has 0 saturated heterocycles. The molecule has 2 amide bonds. The molecule has 0 aromatic carbocycles. The van der Waals surface area contributed by atoms with E-state index >= 15 is 0 Å². The third kappa shape index (κ3) is 3.84. The number of nitrogens with one attached hydrogen (secondary N) is 2. The van der Waals surface area contributed by atoms with Gasteiger partial charge < -0.3 is 15.1 Å². The van der Waals surface area contributed by atoms with Gasteiger partial charge in [0.05, 0.1) is 11.8 Å². The number of furan rings is 1. The molecule has 0 aliphatic carbocycles. The number of hydrogen-bond donors (Lipinski definition) is 2. The largest absolute Gasteiger partial charge is 0.469 e. The molecule has 0 aliphatic heterocycles. The van der Waals surface area contributed by atoms with Crippen molar-refractivity contribution in [2.24, 2.45) is 0 Å². The van der Waals surface area contributed by atoms with Crippen LogP contribution in [0, 0.1) is 6.92 Å². The SMILES string of the molecule is Cc1cnc(C(C)(C)NC(=O)NCCc2ccco2)s1. The second-order valence-electron chi connectivity index (χ2n) is 5.11. The minimum atomic E-state index is -0.478. The highest BCUT2D eigenvalue weighted by Gasteiger charge is 2.25. The highest BCUT2D eigenvalue weighted by molar-refractivity contribution is 7.11. The number of amides is 2. The van der Waals surface area contributed by atoms with Gasteiger partial charge in [-0.2, -0.15) is 0 Å². The standard InChI is InChI=1S/C14H19N3O2S/c1-10-9-16-12(20-10)14(2,3)17-13(18)15-7-6-11-5-4-8-19-11/h4-5,8-9H,6-7H2,1-3H3,(H2,15,17,18). The molecule has 0 unspecified atom stereocenters. The van der Waals surface area contributed by atoms with Crippen molar-refractivity contribution in [3.8, 4) is 0 Å². The minimum Gasteiger partial charge on any atom is -0.469 e. The Morgan fingerprint density at radius 2 is 2.30 bits per heavy atom. The van der Waals surface area contributed by atoms with Crippen molar-refractivity contribution in [3.05, 3.63) is 40.2 Å². The first-order valence-corrected chi connectivity index (χ1v) is 7.30. The third-order valence-electron chi connectivity index (χ3n) is 2.82. The van der Waals surface area contributed by atoms with Crippen LogP contribution < -0.4 is 10.6 Å². The lowest BCUT2D eigenvalue weighted by atomic mass is 10.1. The third-order valence-corrected chi connectivity index (χ3v) is 4.06. The second-order valence-corrected chi connectivity index (χ2v) is 6.35. The van der Waals surface area contributed by atoms with Crippen LogP contribution in [0.1, 0.15) is 29.5 Å². The van der Waals surface area contributed by atoms with Crippen LogP contribution in [0.3, 0.4) is 0 Å². The van der Waals surface area contributed by atoms with Gasteiger partial charge in [-0.3, -0.25) is 0 Å². The molecular weight excluding hydrogens is 274 g/mol. The van der Waals surface area contributed by atoms with E-state index in [9.17, 15) is 4.79 Å². The first-order valence-electron chi connectivity index (χ1n) is 6.49. The van der Waals surface area contributed by atoms with Gasteiger partial charge in [0, 0.05) is 24.0 Å². The van der Waals surface area contributed by atoms with E-state index in [4.69, 9.17) is 4.42 Å². The van der Waals surface area contributed by atoms with Crippen LogP contribution in [0.4, 0.5) is 4.79 Å². The molecule has 0 saturated carbocycles. The van der Waals surface area contributed by atoms with E-state index in [-0.39, 0.29) is 6.03 Å². The smallest absolute Gasteiger partial charge is 0.315 e. The van der Waals surface area contributed by atoms with Crippen LogP contribution in [-0.4, -0.2) is 17.6 Å². The molecule has 2 aromatic heterocycles. The Labute approximate surface area is 122 Å². The summed E-state index contributed by atoms with van der Waals surface area (Å²) >= 11 is 1.59. The van der Waals surface area contributed by atoms with Gasteiger partial charge in [-0.05, 0) is 32.9 Å². The number of carbonyl (C=O) groups excluding carboxylic acids is 1. The maximum Gasteiger partial charge on any atom is 0.315 e. The lowest BCUT2D eigenvalue weighted by Crippen LogP contribution is -2.46. The molecule has 6 heteroatoms. The van der Waals surface area contributed by atoms with Crippen LogP contribution in [0.15, 0.2) is 29.0 Å². The molecule has 5 nitrogen and oxygen atoms in total. The van der Waals surface area contributed by atoms with Crippen molar-refractivity contribution in [2.75, 3.05) is 6.54 Å². The van der Waals surface area contributed by atoms with Crippen LogP contribution in [0.2, 0.25) is 0 Å². The molecule has 0 radical (unpaired) electrons. The number of thiazole rings is 1. The molecule has 2 aromatic rings. The molecular formula is C14H19N3O2S. The zero-order valence-electron chi connectivity index (χ0n) is 11.9. The minimum absolute atomic E-state index is 0.200. The lowest BCUT2D eigenvalue weighted by Gasteiger charge is -2.23. The zero-order valence-corrected chi connectivity index (χ0v) is 12.7. The Balaban J connectivity index is 1.81. The summed E-state index contributed by atoms with van der Waals surface area (Å²) in [4.78, 5) is 17.3. The monoisotopic (exact) mass is 293 g/mol. The maximum absolute atomic E-state index is 11.9. The number of aromatic nitrogens is 1. The van der Waals surface area contributed by atoms with Gasteiger partial charge in [0.1, 0.15) is 10.8 Å². The first-order chi connectivity index (χ1) is 9.47. The molecule has 0 fully saturated rings. The Hall–Kier alpha value is -1.82. The Bertz CT molecular complexity index is 561. The number of rotatable bonds is 5. The molecule has 0 aliphatic rings. The topological polar surface area (TPSA) is 67.2 Å². The Morgan fingerprint density at radius 3 is 2.90 bits per heavy atom. The fraction of sp³-hybridized carbons (Fsp3) is 0.429. The van der Waals surface area contributed by atoms with E-state index in [0.717, 1.165) is 15.6 Å². The highest BCUT2D eigenvalue weighted by atomic mass is 32.1. The van der Waals surface area contributed by atoms with E-state index in [1.165, 1.54) is 0 Å². The predicted molar refractivity (Wildman–Crippen MR) is 78.8 cm³/mol. The highest BCUT2D eigenvalue weighted by Crippen LogP contribution is 2.24. The summed E-state index contributed by atoms with van der Waals surface area (Å²) in [6, 6.07) is 3.53. The van der Waals surface area contributed by atoms with Crippen molar-refractivity contribution in [2.45, 2.75) is 32.7 Å². The fourth-order valence-electron chi connectivity index (χ4n) is 1.78. The molecule has 20 heavy (non-hydrogen) atoms. The fourth-order valence-corrected chi connectivity index (χ4v) is 2.60. The summed E-state index contributed by atoms with van der Waals surface area (Å²) < 4.78 is 5.21. The summed E-state index contributed by atoms with van der Waals surface area (Å²) in [5.41, 5.74) is -0.478. The van der Waals surface area contributed by atoms with Gasteiger partial charge in [-0.25, -0.2) is 9.78 Å².